The average Bonchev–Trinajstić information content (AvgIpc) is 2.55. The van der Waals surface area contributed by atoms with Crippen molar-refractivity contribution in [3.05, 3.63) is 33.1 Å². The van der Waals surface area contributed by atoms with Gasteiger partial charge in [0.1, 0.15) is 5.65 Å². The molecule has 2 aromatic rings. The van der Waals surface area contributed by atoms with Crippen LogP contribution >= 0.6 is 0 Å². The van der Waals surface area contributed by atoms with E-state index in [1.807, 2.05) is 0 Å². The minimum Gasteiger partial charge on any atom is -0.325 e. The zero-order valence-electron chi connectivity index (χ0n) is 14.8. The van der Waals surface area contributed by atoms with Gasteiger partial charge in [-0.25, -0.2) is 9.78 Å². The van der Waals surface area contributed by atoms with E-state index in [-0.39, 0.29) is 23.2 Å². The highest BCUT2D eigenvalue weighted by Gasteiger charge is 2.26. The number of rotatable bonds is 3. The molecular weight excluding hydrogens is 320 g/mol. The zero-order valence-corrected chi connectivity index (χ0v) is 14.8. The molecule has 1 aliphatic carbocycles. The molecule has 3 rings (SSSR count). The number of nitrogens with zero attached hydrogens (tertiary/aromatic N) is 2. The number of nitrogens with one attached hydrogen (secondary N) is 2. The Kier molecular flexibility index (Phi) is 4.74. The number of anilines is 1. The van der Waals surface area contributed by atoms with Gasteiger partial charge in [0, 0.05) is 13.0 Å². The minimum atomic E-state index is -0.412. The Hall–Kier alpha value is -2.44. The first-order valence-electron chi connectivity index (χ1n) is 8.79. The predicted octanol–water partition coefficient (Wildman–Crippen LogP) is 2.43. The minimum absolute atomic E-state index is 0.0833. The first-order chi connectivity index (χ1) is 11.9. The van der Waals surface area contributed by atoms with Crippen LogP contribution in [0, 0.1) is 11.8 Å². The molecule has 2 N–H and O–H groups in total. The summed E-state index contributed by atoms with van der Waals surface area (Å²) in [6.07, 6.45) is 5.14. The van der Waals surface area contributed by atoms with Gasteiger partial charge in [0.25, 0.3) is 5.56 Å². The number of carbonyl (C=O) groups excluding carboxylic acids is 1. The van der Waals surface area contributed by atoms with Crippen LogP contribution in [0.4, 0.5) is 5.69 Å². The van der Waals surface area contributed by atoms with Crippen molar-refractivity contribution >= 4 is 22.6 Å². The highest BCUT2D eigenvalue weighted by molar-refractivity contribution is 5.90. The van der Waals surface area contributed by atoms with Gasteiger partial charge in [-0.05, 0) is 43.6 Å². The quantitative estimate of drug-likeness (QED) is 0.893. The summed E-state index contributed by atoms with van der Waals surface area (Å²) in [5.41, 5.74) is -0.0628. The van der Waals surface area contributed by atoms with Crippen LogP contribution in [-0.4, -0.2) is 20.4 Å². The predicted molar refractivity (Wildman–Crippen MR) is 96.8 cm³/mol. The van der Waals surface area contributed by atoms with Crippen molar-refractivity contribution in [1.82, 2.24) is 14.5 Å². The van der Waals surface area contributed by atoms with E-state index in [1.54, 1.807) is 6.07 Å². The van der Waals surface area contributed by atoms with Gasteiger partial charge in [0.2, 0.25) is 5.91 Å². The fraction of sp³-hybridized carbons (Fsp3) is 0.556. The highest BCUT2D eigenvalue weighted by atomic mass is 16.2. The maximum atomic E-state index is 12.9. The first kappa shape index (κ1) is 17.4. The monoisotopic (exact) mass is 344 g/mol. The molecule has 2 heterocycles. The Morgan fingerprint density at radius 2 is 1.96 bits per heavy atom. The van der Waals surface area contributed by atoms with Crippen LogP contribution in [0.15, 0.2) is 21.9 Å². The van der Waals surface area contributed by atoms with Gasteiger partial charge < -0.3 is 5.32 Å². The van der Waals surface area contributed by atoms with Crippen LogP contribution in [0.2, 0.25) is 0 Å². The van der Waals surface area contributed by atoms with Gasteiger partial charge in [-0.15, -0.1) is 0 Å². The standard InChI is InChI=1S/C18H24N4O3/c1-10(2)12-4-6-14(7-5-12)22-17(24)15-8-13(20-11(3)23)9-19-16(15)21-18(22)25/h8-10,12,14H,4-7H2,1-3H3,(H,20,23)(H,19,21,25)/t12-,14+. The van der Waals surface area contributed by atoms with Crippen LogP contribution in [-0.2, 0) is 4.79 Å². The SMILES string of the molecule is CC(=O)Nc1cnc2[nH]c(=O)n([C@H]3CC[C@@H](C(C)C)CC3)c(=O)c2c1. The van der Waals surface area contributed by atoms with Crippen LogP contribution in [0.1, 0.15) is 52.5 Å². The lowest BCUT2D eigenvalue weighted by molar-refractivity contribution is -0.114. The summed E-state index contributed by atoms with van der Waals surface area (Å²) in [4.78, 5) is 43.3. The van der Waals surface area contributed by atoms with Gasteiger partial charge in [-0.2, -0.15) is 0 Å². The summed E-state index contributed by atoms with van der Waals surface area (Å²) in [6.45, 7) is 5.83. The van der Waals surface area contributed by atoms with Crippen molar-refractivity contribution in [2.45, 2.75) is 52.5 Å². The molecule has 7 heteroatoms. The van der Waals surface area contributed by atoms with E-state index in [0.29, 0.717) is 22.9 Å². The third-order valence-electron chi connectivity index (χ3n) is 5.15. The number of amides is 1. The summed E-state index contributed by atoms with van der Waals surface area (Å²) < 4.78 is 1.33. The number of hydrogen-bond acceptors (Lipinski definition) is 4. The molecule has 2 aromatic heterocycles. The van der Waals surface area contributed by atoms with Crippen molar-refractivity contribution in [1.29, 1.82) is 0 Å². The Balaban J connectivity index is 1.99. The molecule has 1 aliphatic rings. The maximum absolute atomic E-state index is 12.9. The summed E-state index contributed by atoms with van der Waals surface area (Å²) >= 11 is 0. The molecule has 0 aliphatic heterocycles. The lowest BCUT2D eigenvalue weighted by atomic mass is 9.79. The molecule has 0 atom stereocenters. The topological polar surface area (TPSA) is 96.8 Å². The number of aromatic amines is 1. The average molecular weight is 344 g/mol. The Labute approximate surface area is 145 Å². The van der Waals surface area contributed by atoms with E-state index >= 15 is 0 Å². The number of hydrogen-bond donors (Lipinski definition) is 2. The molecular formula is C18H24N4O3. The fourth-order valence-corrected chi connectivity index (χ4v) is 3.74. The molecule has 0 spiro atoms. The van der Waals surface area contributed by atoms with E-state index in [1.165, 1.54) is 17.7 Å². The van der Waals surface area contributed by atoms with Crippen molar-refractivity contribution in [3.63, 3.8) is 0 Å². The van der Waals surface area contributed by atoms with Crippen molar-refractivity contribution in [2.24, 2.45) is 11.8 Å². The number of H-pyrrole nitrogens is 1. The Morgan fingerprint density at radius 3 is 2.56 bits per heavy atom. The molecule has 25 heavy (non-hydrogen) atoms. The number of fused-ring (bicyclic) bond motifs is 1. The van der Waals surface area contributed by atoms with Gasteiger partial charge in [0.15, 0.2) is 0 Å². The number of aromatic nitrogens is 3. The fourth-order valence-electron chi connectivity index (χ4n) is 3.74. The third kappa shape index (κ3) is 3.50. The van der Waals surface area contributed by atoms with E-state index in [9.17, 15) is 14.4 Å². The molecule has 0 bridgehead atoms. The van der Waals surface area contributed by atoms with E-state index in [4.69, 9.17) is 0 Å². The second-order valence-corrected chi connectivity index (χ2v) is 7.22. The lowest BCUT2D eigenvalue weighted by Gasteiger charge is -2.31. The first-order valence-corrected chi connectivity index (χ1v) is 8.79. The van der Waals surface area contributed by atoms with Crippen molar-refractivity contribution in [3.8, 4) is 0 Å². The third-order valence-corrected chi connectivity index (χ3v) is 5.15. The highest BCUT2D eigenvalue weighted by Crippen LogP contribution is 2.34. The van der Waals surface area contributed by atoms with Crippen LogP contribution in [0.25, 0.3) is 11.0 Å². The van der Waals surface area contributed by atoms with E-state index in [0.717, 1.165) is 25.7 Å². The summed E-state index contributed by atoms with van der Waals surface area (Å²) in [7, 11) is 0. The van der Waals surface area contributed by atoms with Crippen LogP contribution in [0.5, 0.6) is 0 Å². The molecule has 134 valence electrons. The normalized spacial score (nSPS) is 20.8. The molecule has 0 saturated heterocycles. The molecule has 0 aromatic carbocycles. The number of pyridine rings is 1. The van der Waals surface area contributed by atoms with Crippen molar-refractivity contribution in [2.75, 3.05) is 5.32 Å². The molecule has 1 saturated carbocycles. The zero-order chi connectivity index (χ0) is 18.1. The molecule has 1 fully saturated rings. The van der Waals surface area contributed by atoms with Gasteiger partial charge >= 0.3 is 5.69 Å². The Morgan fingerprint density at radius 1 is 1.28 bits per heavy atom. The molecule has 0 unspecified atom stereocenters. The summed E-state index contributed by atoms with van der Waals surface area (Å²) in [5, 5.41) is 2.93. The van der Waals surface area contributed by atoms with Crippen molar-refractivity contribution < 1.29 is 4.79 Å². The second kappa shape index (κ2) is 6.82. The van der Waals surface area contributed by atoms with Gasteiger partial charge in [-0.3, -0.25) is 19.1 Å². The number of carbonyl (C=O) groups is 1. The molecule has 7 nitrogen and oxygen atoms in total. The molecule has 1 amide bonds. The largest absolute Gasteiger partial charge is 0.330 e. The lowest BCUT2D eigenvalue weighted by Crippen LogP contribution is -2.39. The van der Waals surface area contributed by atoms with Gasteiger partial charge in [0.05, 0.1) is 17.3 Å². The smallest absolute Gasteiger partial charge is 0.325 e. The summed E-state index contributed by atoms with van der Waals surface area (Å²) in [5.74, 6) is 1.04. The van der Waals surface area contributed by atoms with Gasteiger partial charge in [-0.1, -0.05) is 13.8 Å². The van der Waals surface area contributed by atoms with Crippen LogP contribution in [0.3, 0.4) is 0 Å². The van der Waals surface area contributed by atoms with E-state index in [2.05, 4.69) is 29.1 Å². The van der Waals surface area contributed by atoms with E-state index < -0.39 is 5.69 Å². The summed E-state index contributed by atoms with van der Waals surface area (Å²) in [6, 6.07) is 1.48. The van der Waals surface area contributed by atoms with Crippen LogP contribution < -0.4 is 16.6 Å². The second-order valence-electron chi connectivity index (χ2n) is 7.22. The Bertz CT molecular complexity index is 905. The maximum Gasteiger partial charge on any atom is 0.330 e. The molecule has 0 radical (unpaired) electrons.